The second kappa shape index (κ2) is 6.82. The molecule has 0 aliphatic carbocycles. The van der Waals surface area contributed by atoms with Crippen molar-refractivity contribution < 1.29 is 9.90 Å². The Hall–Kier alpha value is -0.870. The molecule has 0 radical (unpaired) electrons. The molecule has 1 amide bonds. The minimum atomic E-state index is -0.1000. The molecule has 0 fully saturated rings. The number of carbonyl (C=O) groups excluding carboxylic acids is 1. The molecule has 0 spiro atoms. The minimum Gasteiger partial charge on any atom is -0.395 e. The molecule has 0 atom stereocenters. The molecule has 0 aliphatic heterocycles. The number of nitrogens with two attached hydrogens (primary N) is 1. The van der Waals surface area contributed by atoms with Gasteiger partial charge in [-0.1, -0.05) is 6.08 Å². The Morgan fingerprint density at radius 3 is 2.67 bits per heavy atom. The number of carbonyl (C=O) groups is 1. The highest BCUT2D eigenvalue weighted by Crippen LogP contribution is 1.89. The van der Waals surface area contributed by atoms with Gasteiger partial charge in [0.15, 0.2) is 0 Å². The average molecular weight is 172 g/mol. The van der Waals surface area contributed by atoms with E-state index in [-0.39, 0.29) is 12.5 Å². The maximum absolute atomic E-state index is 11.2. The van der Waals surface area contributed by atoms with Crippen LogP contribution in [0.1, 0.15) is 6.92 Å². The molecule has 4 nitrogen and oxygen atoms in total. The number of aliphatic hydroxyl groups excluding tert-OH is 1. The van der Waals surface area contributed by atoms with Gasteiger partial charge in [-0.15, -0.1) is 0 Å². The number of aliphatic hydroxyl groups is 1. The normalized spacial score (nSPS) is 10.6. The first kappa shape index (κ1) is 11.1. The lowest BCUT2D eigenvalue weighted by Crippen LogP contribution is -2.36. The van der Waals surface area contributed by atoms with Crippen LogP contribution in [0.3, 0.4) is 0 Å². The molecule has 4 heteroatoms. The molecule has 0 aromatic rings. The summed E-state index contributed by atoms with van der Waals surface area (Å²) in [5, 5.41) is 8.62. The number of hydrogen-bond donors (Lipinski definition) is 2. The van der Waals surface area contributed by atoms with E-state index in [1.165, 1.54) is 11.0 Å². The van der Waals surface area contributed by atoms with Crippen LogP contribution in [-0.4, -0.2) is 42.2 Å². The van der Waals surface area contributed by atoms with Crippen molar-refractivity contribution in [2.45, 2.75) is 6.92 Å². The maximum Gasteiger partial charge on any atom is 0.246 e. The Morgan fingerprint density at radius 2 is 2.25 bits per heavy atom. The summed E-state index contributed by atoms with van der Waals surface area (Å²) in [5.74, 6) is -0.1000. The van der Waals surface area contributed by atoms with Crippen LogP contribution in [0.2, 0.25) is 0 Å². The van der Waals surface area contributed by atoms with Crippen LogP contribution in [-0.2, 0) is 4.79 Å². The van der Waals surface area contributed by atoms with Crippen molar-refractivity contribution in [2.75, 3.05) is 26.2 Å². The summed E-state index contributed by atoms with van der Waals surface area (Å²) in [6, 6.07) is 0. The molecular weight excluding hydrogens is 156 g/mol. The van der Waals surface area contributed by atoms with Crippen molar-refractivity contribution in [1.29, 1.82) is 0 Å². The van der Waals surface area contributed by atoms with Gasteiger partial charge in [-0.05, 0) is 13.0 Å². The van der Waals surface area contributed by atoms with Crippen LogP contribution in [0.15, 0.2) is 12.2 Å². The molecule has 0 aromatic carbocycles. The minimum absolute atomic E-state index is 0.0245. The van der Waals surface area contributed by atoms with Gasteiger partial charge in [-0.3, -0.25) is 4.79 Å². The Balaban J connectivity index is 3.98. The van der Waals surface area contributed by atoms with Crippen LogP contribution < -0.4 is 5.73 Å². The summed E-state index contributed by atoms with van der Waals surface area (Å²) < 4.78 is 0. The number of nitrogens with zero attached hydrogens (tertiary/aromatic N) is 1. The Labute approximate surface area is 72.7 Å². The first-order valence-corrected chi connectivity index (χ1v) is 3.98. The van der Waals surface area contributed by atoms with E-state index in [4.69, 9.17) is 10.8 Å². The number of amides is 1. The van der Waals surface area contributed by atoms with Crippen molar-refractivity contribution in [2.24, 2.45) is 5.73 Å². The van der Waals surface area contributed by atoms with Crippen molar-refractivity contribution in [3.63, 3.8) is 0 Å². The van der Waals surface area contributed by atoms with Crippen LogP contribution in [0.4, 0.5) is 0 Å². The van der Waals surface area contributed by atoms with E-state index in [0.717, 1.165) is 0 Å². The molecule has 0 rings (SSSR count). The molecule has 12 heavy (non-hydrogen) atoms. The molecule has 0 saturated heterocycles. The SMILES string of the molecule is C/C=C\C(=O)N(CCN)CCO. The second-order valence-electron chi connectivity index (χ2n) is 2.34. The Kier molecular flexibility index (Phi) is 6.32. The van der Waals surface area contributed by atoms with Gasteiger partial charge in [0, 0.05) is 19.6 Å². The maximum atomic E-state index is 11.2. The topological polar surface area (TPSA) is 66.6 Å². The lowest BCUT2D eigenvalue weighted by Gasteiger charge is -2.18. The summed E-state index contributed by atoms with van der Waals surface area (Å²) in [6.07, 6.45) is 3.13. The fraction of sp³-hybridized carbons (Fsp3) is 0.625. The molecule has 0 aromatic heterocycles. The zero-order valence-electron chi connectivity index (χ0n) is 7.36. The van der Waals surface area contributed by atoms with Gasteiger partial charge in [0.1, 0.15) is 0 Å². The predicted molar refractivity (Wildman–Crippen MR) is 47.5 cm³/mol. The van der Waals surface area contributed by atoms with E-state index in [1.54, 1.807) is 13.0 Å². The predicted octanol–water partition coefficient (Wildman–Crippen LogP) is -0.658. The molecule has 70 valence electrons. The lowest BCUT2D eigenvalue weighted by atomic mass is 10.4. The lowest BCUT2D eigenvalue weighted by molar-refractivity contribution is -0.126. The molecule has 0 unspecified atom stereocenters. The van der Waals surface area contributed by atoms with Crippen molar-refractivity contribution in [3.8, 4) is 0 Å². The monoisotopic (exact) mass is 172 g/mol. The molecule has 0 heterocycles. The summed E-state index contributed by atoms with van der Waals surface area (Å²) in [6.45, 7) is 3.01. The van der Waals surface area contributed by atoms with E-state index < -0.39 is 0 Å². The number of hydrogen-bond acceptors (Lipinski definition) is 3. The summed E-state index contributed by atoms with van der Waals surface area (Å²) in [4.78, 5) is 12.7. The summed E-state index contributed by atoms with van der Waals surface area (Å²) in [5.41, 5.74) is 5.29. The van der Waals surface area contributed by atoms with Gasteiger partial charge in [0.05, 0.1) is 6.61 Å². The van der Waals surface area contributed by atoms with Crippen LogP contribution in [0, 0.1) is 0 Å². The highest BCUT2D eigenvalue weighted by Gasteiger charge is 2.07. The number of rotatable bonds is 5. The van der Waals surface area contributed by atoms with Crippen LogP contribution in [0.25, 0.3) is 0 Å². The standard InChI is InChI=1S/C8H16N2O2/c1-2-3-8(12)10(5-4-9)6-7-11/h2-3,11H,4-7,9H2,1H3/b3-2-. The Bertz CT molecular complexity index is 151. The van der Waals surface area contributed by atoms with Crippen molar-refractivity contribution in [3.05, 3.63) is 12.2 Å². The fourth-order valence-corrected chi connectivity index (χ4v) is 0.857. The van der Waals surface area contributed by atoms with Gasteiger partial charge in [0.25, 0.3) is 0 Å². The van der Waals surface area contributed by atoms with E-state index in [1.807, 2.05) is 0 Å². The first-order chi connectivity index (χ1) is 5.76. The van der Waals surface area contributed by atoms with E-state index in [0.29, 0.717) is 19.6 Å². The molecule has 0 bridgehead atoms. The molecule has 3 N–H and O–H groups in total. The van der Waals surface area contributed by atoms with Crippen LogP contribution in [0.5, 0.6) is 0 Å². The van der Waals surface area contributed by atoms with Gasteiger partial charge in [-0.25, -0.2) is 0 Å². The molecule has 0 saturated carbocycles. The van der Waals surface area contributed by atoms with Crippen molar-refractivity contribution in [1.82, 2.24) is 4.90 Å². The Morgan fingerprint density at radius 1 is 1.58 bits per heavy atom. The zero-order chi connectivity index (χ0) is 9.40. The fourth-order valence-electron chi connectivity index (χ4n) is 0.857. The van der Waals surface area contributed by atoms with Gasteiger partial charge < -0.3 is 15.7 Å². The second-order valence-corrected chi connectivity index (χ2v) is 2.34. The third kappa shape index (κ3) is 4.10. The van der Waals surface area contributed by atoms with Gasteiger partial charge >= 0.3 is 0 Å². The van der Waals surface area contributed by atoms with E-state index >= 15 is 0 Å². The quantitative estimate of drug-likeness (QED) is 0.541. The van der Waals surface area contributed by atoms with Gasteiger partial charge in [0.2, 0.25) is 5.91 Å². The molecular formula is C8H16N2O2. The number of allylic oxidation sites excluding steroid dienone is 1. The zero-order valence-corrected chi connectivity index (χ0v) is 7.36. The smallest absolute Gasteiger partial charge is 0.246 e. The van der Waals surface area contributed by atoms with Gasteiger partial charge in [-0.2, -0.15) is 0 Å². The summed E-state index contributed by atoms with van der Waals surface area (Å²) in [7, 11) is 0. The van der Waals surface area contributed by atoms with Crippen LogP contribution >= 0.6 is 0 Å². The average Bonchev–Trinajstić information content (AvgIpc) is 2.04. The van der Waals surface area contributed by atoms with E-state index in [2.05, 4.69) is 0 Å². The van der Waals surface area contributed by atoms with Crippen molar-refractivity contribution >= 4 is 5.91 Å². The third-order valence-corrected chi connectivity index (χ3v) is 1.39. The summed E-state index contributed by atoms with van der Waals surface area (Å²) >= 11 is 0. The largest absolute Gasteiger partial charge is 0.395 e. The first-order valence-electron chi connectivity index (χ1n) is 3.98. The van der Waals surface area contributed by atoms with E-state index in [9.17, 15) is 4.79 Å². The highest BCUT2D eigenvalue weighted by molar-refractivity contribution is 5.87. The highest BCUT2D eigenvalue weighted by atomic mass is 16.3. The molecule has 0 aliphatic rings. The third-order valence-electron chi connectivity index (χ3n) is 1.39.